The Labute approximate surface area is 182 Å². The van der Waals surface area contributed by atoms with Crippen LogP contribution in [-0.4, -0.2) is 8.42 Å². The summed E-state index contributed by atoms with van der Waals surface area (Å²) in [6, 6.07) is 38.4. The third-order valence-electron chi connectivity index (χ3n) is 5.44. The highest BCUT2D eigenvalue weighted by molar-refractivity contribution is 8.10. The SMILES string of the molecule is O=S1(=O)C(c2ccccc2)=C(c2ccccc2)C(c2ccccc2)=C1c1ccccc1. The molecular weight excluding hydrogens is 400 g/mol. The summed E-state index contributed by atoms with van der Waals surface area (Å²) in [6.07, 6.45) is 0. The molecule has 0 saturated heterocycles. The zero-order chi connectivity index (χ0) is 21.3. The minimum Gasteiger partial charge on any atom is -0.218 e. The van der Waals surface area contributed by atoms with E-state index in [0.29, 0.717) is 20.9 Å². The Morgan fingerprint density at radius 1 is 0.355 bits per heavy atom. The third kappa shape index (κ3) is 3.33. The van der Waals surface area contributed by atoms with Crippen molar-refractivity contribution in [1.29, 1.82) is 0 Å². The molecule has 2 nitrogen and oxygen atoms in total. The minimum absolute atomic E-state index is 0.358. The van der Waals surface area contributed by atoms with Gasteiger partial charge in [-0.1, -0.05) is 121 Å². The van der Waals surface area contributed by atoms with Crippen LogP contribution in [0.25, 0.3) is 21.0 Å². The number of benzene rings is 4. The molecule has 0 bridgehead atoms. The molecule has 1 aliphatic rings. The van der Waals surface area contributed by atoms with Gasteiger partial charge in [0.1, 0.15) is 0 Å². The molecular formula is C28H20O2S. The molecule has 0 aromatic heterocycles. The van der Waals surface area contributed by atoms with Crippen LogP contribution in [0.15, 0.2) is 121 Å². The maximum absolute atomic E-state index is 14.1. The lowest BCUT2D eigenvalue weighted by molar-refractivity contribution is 0.615. The van der Waals surface area contributed by atoms with Crippen LogP contribution in [0.4, 0.5) is 0 Å². The van der Waals surface area contributed by atoms with Gasteiger partial charge in [-0.15, -0.1) is 0 Å². The monoisotopic (exact) mass is 420 g/mol. The van der Waals surface area contributed by atoms with Gasteiger partial charge in [-0.2, -0.15) is 0 Å². The molecule has 0 fully saturated rings. The Hall–Kier alpha value is -3.69. The lowest BCUT2D eigenvalue weighted by Crippen LogP contribution is -2.03. The van der Waals surface area contributed by atoms with Gasteiger partial charge in [0.05, 0.1) is 9.81 Å². The van der Waals surface area contributed by atoms with Crippen LogP contribution in [0.3, 0.4) is 0 Å². The van der Waals surface area contributed by atoms with Crippen molar-refractivity contribution in [2.45, 2.75) is 0 Å². The van der Waals surface area contributed by atoms with Crippen LogP contribution in [0.5, 0.6) is 0 Å². The topological polar surface area (TPSA) is 34.1 Å². The highest BCUT2D eigenvalue weighted by atomic mass is 32.2. The molecule has 0 N–H and O–H groups in total. The van der Waals surface area contributed by atoms with Gasteiger partial charge in [0, 0.05) is 11.1 Å². The molecule has 1 heterocycles. The van der Waals surface area contributed by atoms with Gasteiger partial charge in [-0.25, -0.2) is 8.42 Å². The Balaban J connectivity index is 1.94. The Morgan fingerprint density at radius 2 is 0.613 bits per heavy atom. The predicted octanol–water partition coefficient (Wildman–Crippen LogP) is 6.55. The van der Waals surface area contributed by atoms with E-state index >= 15 is 0 Å². The van der Waals surface area contributed by atoms with E-state index in [1.807, 2.05) is 121 Å². The Kier molecular flexibility index (Phi) is 4.89. The van der Waals surface area contributed by atoms with Crippen LogP contribution in [-0.2, 0) is 9.84 Å². The lowest BCUT2D eigenvalue weighted by atomic mass is 9.89. The molecule has 3 heteroatoms. The molecule has 150 valence electrons. The molecule has 31 heavy (non-hydrogen) atoms. The van der Waals surface area contributed by atoms with Crippen molar-refractivity contribution < 1.29 is 8.42 Å². The highest BCUT2D eigenvalue weighted by Gasteiger charge is 2.40. The summed E-state index contributed by atoms with van der Waals surface area (Å²) in [5.74, 6) is 0. The molecule has 0 unspecified atom stereocenters. The first-order valence-corrected chi connectivity index (χ1v) is 11.6. The smallest absolute Gasteiger partial charge is 0.209 e. The van der Waals surface area contributed by atoms with Gasteiger partial charge in [-0.3, -0.25) is 0 Å². The fourth-order valence-corrected chi connectivity index (χ4v) is 6.21. The maximum atomic E-state index is 14.1. The van der Waals surface area contributed by atoms with Crippen LogP contribution in [0.2, 0.25) is 0 Å². The standard InChI is InChI=1S/C28H20O2S/c29-31(30)27(23-17-9-3-10-18-23)25(21-13-5-1-6-14-21)26(22-15-7-2-8-16-22)28(31)24-19-11-4-12-20-24/h1-20H. The van der Waals surface area contributed by atoms with Crippen molar-refractivity contribution in [3.63, 3.8) is 0 Å². The fraction of sp³-hybridized carbons (Fsp3) is 0. The Bertz CT molecular complexity index is 1280. The zero-order valence-electron chi connectivity index (χ0n) is 16.8. The summed E-state index contributed by atoms with van der Waals surface area (Å²) < 4.78 is 28.3. The first-order valence-electron chi connectivity index (χ1n) is 10.1. The van der Waals surface area contributed by atoms with E-state index in [-0.39, 0.29) is 0 Å². The van der Waals surface area contributed by atoms with E-state index in [2.05, 4.69) is 0 Å². The van der Waals surface area contributed by atoms with Crippen LogP contribution < -0.4 is 0 Å². The summed E-state index contributed by atoms with van der Waals surface area (Å²) in [5.41, 5.74) is 4.65. The second-order valence-electron chi connectivity index (χ2n) is 7.38. The molecule has 1 aliphatic heterocycles. The molecule has 0 spiro atoms. The van der Waals surface area contributed by atoms with Gasteiger partial charge < -0.3 is 0 Å². The van der Waals surface area contributed by atoms with Crippen molar-refractivity contribution in [2.24, 2.45) is 0 Å². The average molecular weight is 421 g/mol. The lowest BCUT2D eigenvalue weighted by Gasteiger charge is -2.12. The number of sulfone groups is 1. The van der Waals surface area contributed by atoms with E-state index in [4.69, 9.17) is 0 Å². The van der Waals surface area contributed by atoms with Crippen molar-refractivity contribution in [1.82, 2.24) is 0 Å². The number of hydrogen-bond donors (Lipinski definition) is 0. The molecule has 0 saturated carbocycles. The third-order valence-corrected chi connectivity index (χ3v) is 7.39. The molecule has 0 amide bonds. The summed E-state index contributed by atoms with van der Waals surface area (Å²) in [5, 5.41) is 0. The van der Waals surface area contributed by atoms with E-state index < -0.39 is 9.84 Å². The summed E-state index contributed by atoms with van der Waals surface area (Å²) in [4.78, 5) is 0.717. The normalized spacial score (nSPS) is 15.4. The second-order valence-corrected chi connectivity index (χ2v) is 9.20. The molecule has 4 aromatic rings. The first-order chi connectivity index (χ1) is 15.2. The average Bonchev–Trinajstić information content (AvgIpc) is 3.08. The van der Waals surface area contributed by atoms with E-state index in [0.717, 1.165) is 22.3 Å². The molecule has 5 rings (SSSR count). The van der Waals surface area contributed by atoms with E-state index in [9.17, 15) is 8.42 Å². The molecule has 4 aromatic carbocycles. The minimum atomic E-state index is -3.77. The van der Waals surface area contributed by atoms with E-state index in [1.54, 1.807) is 0 Å². The first kappa shape index (κ1) is 19.3. The molecule has 0 atom stereocenters. The number of hydrogen-bond acceptors (Lipinski definition) is 2. The number of rotatable bonds is 4. The number of allylic oxidation sites excluding steroid dienone is 2. The maximum Gasteiger partial charge on any atom is 0.209 e. The molecule has 0 radical (unpaired) electrons. The highest BCUT2D eigenvalue weighted by Crippen LogP contribution is 2.53. The second kappa shape index (κ2) is 7.86. The summed E-state index contributed by atoms with van der Waals surface area (Å²) >= 11 is 0. The Morgan fingerprint density at radius 3 is 0.903 bits per heavy atom. The van der Waals surface area contributed by atoms with Crippen molar-refractivity contribution in [2.75, 3.05) is 0 Å². The van der Waals surface area contributed by atoms with Gasteiger partial charge in [0.15, 0.2) is 0 Å². The van der Waals surface area contributed by atoms with Gasteiger partial charge in [0.25, 0.3) is 0 Å². The molecule has 0 aliphatic carbocycles. The summed E-state index contributed by atoms with van der Waals surface area (Å²) in [7, 11) is -3.77. The van der Waals surface area contributed by atoms with E-state index in [1.165, 1.54) is 0 Å². The summed E-state index contributed by atoms with van der Waals surface area (Å²) in [6.45, 7) is 0. The van der Waals surface area contributed by atoms with Crippen LogP contribution in [0, 0.1) is 0 Å². The quantitative estimate of drug-likeness (QED) is 0.375. The predicted molar refractivity (Wildman–Crippen MR) is 128 cm³/mol. The van der Waals surface area contributed by atoms with Crippen molar-refractivity contribution in [3.05, 3.63) is 144 Å². The van der Waals surface area contributed by atoms with Crippen molar-refractivity contribution in [3.8, 4) is 0 Å². The van der Waals surface area contributed by atoms with Gasteiger partial charge >= 0.3 is 0 Å². The largest absolute Gasteiger partial charge is 0.218 e. The van der Waals surface area contributed by atoms with Crippen LogP contribution >= 0.6 is 0 Å². The van der Waals surface area contributed by atoms with Crippen molar-refractivity contribution >= 4 is 30.8 Å². The van der Waals surface area contributed by atoms with Crippen LogP contribution in [0.1, 0.15) is 22.3 Å². The zero-order valence-corrected chi connectivity index (χ0v) is 17.6. The fourth-order valence-electron chi connectivity index (χ4n) is 4.14. The van der Waals surface area contributed by atoms with Gasteiger partial charge in [0.2, 0.25) is 9.84 Å². The van der Waals surface area contributed by atoms with Gasteiger partial charge in [-0.05, 0) is 22.3 Å².